The molecule has 0 bridgehead atoms. The predicted octanol–water partition coefficient (Wildman–Crippen LogP) is 2.25. The second kappa shape index (κ2) is 9.09. The van der Waals surface area contributed by atoms with E-state index in [0.717, 1.165) is 17.7 Å². The molecule has 0 radical (unpaired) electrons. The van der Waals surface area contributed by atoms with E-state index in [0.29, 0.717) is 54.8 Å². The lowest BCUT2D eigenvalue weighted by Crippen LogP contribution is -2.42. The van der Waals surface area contributed by atoms with E-state index in [1.165, 1.54) is 15.6 Å². The summed E-state index contributed by atoms with van der Waals surface area (Å²) in [6.45, 7) is 3.88. The number of nitrogens with zero attached hydrogens (tertiary/aromatic N) is 3. The molecule has 2 aromatic heterocycles. The third kappa shape index (κ3) is 4.99. The highest BCUT2D eigenvalue weighted by Crippen LogP contribution is 2.28. The van der Waals surface area contributed by atoms with E-state index in [4.69, 9.17) is 4.52 Å². The molecule has 168 valence electrons. The van der Waals surface area contributed by atoms with Gasteiger partial charge in [-0.25, -0.2) is 8.42 Å². The van der Waals surface area contributed by atoms with Gasteiger partial charge in [0.25, 0.3) is 10.0 Å². The number of aromatic nitrogens is 1. The van der Waals surface area contributed by atoms with Gasteiger partial charge < -0.3 is 14.7 Å². The molecule has 0 atom stereocenters. The van der Waals surface area contributed by atoms with E-state index in [9.17, 15) is 18.0 Å². The maximum Gasteiger partial charge on any atom is 0.252 e. The number of carbonyl (C=O) groups excluding carboxylic acids is 2. The highest BCUT2D eigenvalue weighted by atomic mass is 32.2. The standard InChI is InChI=1S/C20H26N4O5S2/c1-14-12-17(22-29-14)21-20(26)15-6-10-23(11-7-15)18(25)13-16-4-5-19(30-16)31(27,28)24-8-2-3-9-24/h4-5,12,15H,2-3,6-11,13H2,1H3,(H,21,22,26). The number of likely N-dealkylation sites (tertiary alicyclic amines) is 1. The Labute approximate surface area is 185 Å². The lowest BCUT2D eigenvalue weighted by atomic mass is 9.95. The quantitative estimate of drug-likeness (QED) is 0.699. The number of piperidine rings is 1. The first-order chi connectivity index (χ1) is 14.8. The molecular weight excluding hydrogens is 440 g/mol. The van der Waals surface area contributed by atoms with Crippen LogP contribution in [0.3, 0.4) is 0 Å². The van der Waals surface area contributed by atoms with Crippen LogP contribution in [-0.2, 0) is 26.0 Å². The molecule has 2 saturated heterocycles. The fraction of sp³-hybridized carbons (Fsp3) is 0.550. The van der Waals surface area contributed by atoms with Crippen molar-refractivity contribution in [2.45, 2.75) is 43.2 Å². The SMILES string of the molecule is Cc1cc(NC(=O)C2CCN(C(=O)Cc3ccc(S(=O)(=O)N4CCCC4)s3)CC2)no1. The van der Waals surface area contributed by atoms with Gasteiger partial charge in [0.05, 0.1) is 6.42 Å². The third-order valence-corrected chi connectivity index (χ3v) is 9.17. The summed E-state index contributed by atoms with van der Waals surface area (Å²) < 4.78 is 32.1. The highest BCUT2D eigenvalue weighted by molar-refractivity contribution is 7.91. The molecule has 1 N–H and O–H groups in total. The van der Waals surface area contributed by atoms with Gasteiger partial charge in [0, 0.05) is 43.0 Å². The van der Waals surface area contributed by atoms with Crippen molar-refractivity contribution in [3.05, 3.63) is 28.8 Å². The van der Waals surface area contributed by atoms with Crippen molar-refractivity contribution in [2.24, 2.45) is 5.92 Å². The largest absolute Gasteiger partial charge is 0.360 e. The van der Waals surface area contributed by atoms with Gasteiger partial charge in [-0.3, -0.25) is 9.59 Å². The fourth-order valence-corrected chi connectivity index (χ4v) is 6.97. The van der Waals surface area contributed by atoms with E-state index >= 15 is 0 Å². The third-order valence-electron chi connectivity index (χ3n) is 5.72. The highest BCUT2D eigenvalue weighted by Gasteiger charge is 2.30. The molecule has 0 spiro atoms. The summed E-state index contributed by atoms with van der Waals surface area (Å²) in [7, 11) is -3.45. The zero-order valence-corrected chi connectivity index (χ0v) is 19.0. The van der Waals surface area contributed by atoms with Crippen LogP contribution >= 0.6 is 11.3 Å². The Bertz CT molecular complexity index is 1050. The summed E-state index contributed by atoms with van der Waals surface area (Å²) in [6, 6.07) is 4.99. The predicted molar refractivity (Wildman–Crippen MR) is 115 cm³/mol. The fourth-order valence-electron chi connectivity index (χ4n) is 3.95. The van der Waals surface area contributed by atoms with Crippen LogP contribution in [0, 0.1) is 12.8 Å². The molecule has 2 fully saturated rings. The van der Waals surface area contributed by atoms with Gasteiger partial charge in [0.1, 0.15) is 9.97 Å². The Morgan fingerprint density at radius 2 is 1.90 bits per heavy atom. The Balaban J connectivity index is 1.28. The van der Waals surface area contributed by atoms with Crippen molar-refractivity contribution < 1.29 is 22.5 Å². The molecule has 2 aliphatic heterocycles. The van der Waals surface area contributed by atoms with Crippen LogP contribution in [0.1, 0.15) is 36.3 Å². The molecule has 2 aliphatic rings. The summed E-state index contributed by atoms with van der Waals surface area (Å²) in [5.41, 5.74) is 0. The molecular formula is C20H26N4O5S2. The Kier molecular flexibility index (Phi) is 6.44. The summed E-state index contributed by atoms with van der Waals surface area (Å²) in [5.74, 6) is 0.687. The number of carbonyl (C=O) groups is 2. The number of hydrogen-bond donors (Lipinski definition) is 1. The monoisotopic (exact) mass is 466 g/mol. The molecule has 2 amide bonds. The van der Waals surface area contributed by atoms with Crippen molar-refractivity contribution in [1.29, 1.82) is 0 Å². The Morgan fingerprint density at radius 3 is 2.55 bits per heavy atom. The second-order valence-electron chi connectivity index (χ2n) is 7.98. The van der Waals surface area contributed by atoms with Crippen LogP contribution in [-0.4, -0.2) is 60.8 Å². The molecule has 9 nitrogen and oxygen atoms in total. The van der Waals surface area contributed by atoms with Gasteiger partial charge in [0.2, 0.25) is 11.8 Å². The number of amides is 2. The second-order valence-corrected chi connectivity index (χ2v) is 11.3. The van der Waals surface area contributed by atoms with E-state index < -0.39 is 10.0 Å². The zero-order valence-electron chi connectivity index (χ0n) is 17.4. The van der Waals surface area contributed by atoms with Crippen LogP contribution in [0.5, 0.6) is 0 Å². The maximum atomic E-state index is 12.7. The van der Waals surface area contributed by atoms with Gasteiger partial charge in [-0.2, -0.15) is 4.31 Å². The first-order valence-electron chi connectivity index (χ1n) is 10.4. The van der Waals surface area contributed by atoms with Gasteiger partial charge in [0.15, 0.2) is 5.82 Å². The minimum Gasteiger partial charge on any atom is -0.360 e. The van der Waals surface area contributed by atoms with Gasteiger partial charge in [-0.05, 0) is 44.7 Å². The van der Waals surface area contributed by atoms with Crippen LogP contribution in [0.15, 0.2) is 26.9 Å². The Hall–Kier alpha value is -2.24. The Morgan fingerprint density at radius 1 is 1.19 bits per heavy atom. The number of hydrogen-bond acceptors (Lipinski definition) is 7. The van der Waals surface area contributed by atoms with Crippen molar-refractivity contribution in [1.82, 2.24) is 14.4 Å². The average molecular weight is 467 g/mol. The van der Waals surface area contributed by atoms with Crippen molar-refractivity contribution >= 4 is 39.0 Å². The normalized spacial score (nSPS) is 18.4. The summed E-state index contributed by atoms with van der Waals surface area (Å²) in [6.07, 6.45) is 3.11. The maximum absolute atomic E-state index is 12.7. The minimum absolute atomic E-state index is 0.0436. The zero-order chi connectivity index (χ0) is 22.0. The van der Waals surface area contributed by atoms with E-state index in [2.05, 4.69) is 10.5 Å². The van der Waals surface area contributed by atoms with Crippen molar-refractivity contribution in [3.63, 3.8) is 0 Å². The van der Waals surface area contributed by atoms with E-state index in [1.54, 1.807) is 30.0 Å². The molecule has 0 aromatic carbocycles. The summed E-state index contributed by atoms with van der Waals surface area (Å²) in [4.78, 5) is 27.6. The van der Waals surface area contributed by atoms with Crippen molar-refractivity contribution in [2.75, 3.05) is 31.5 Å². The molecule has 2 aromatic rings. The van der Waals surface area contributed by atoms with E-state index in [-0.39, 0.29) is 24.2 Å². The number of anilines is 1. The van der Waals surface area contributed by atoms with Crippen LogP contribution < -0.4 is 5.32 Å². The number of aryl methyl sites for hydroxylation is 1. The molecule has 4 rings (SSSR count). The molecule has 4 heterocycles. The van der Waals surface area contributed by atoms with E-state index in [1.807, 2.05) is 0 Å². The molecule has 31 heavy (non-hydrogen) atoms. The van der Waals surface area contributed by atoms with Crippen LogP contribution in [0.25, 0.3) is 0 Å². The van der Waals surface area contributed by atoms with Gasteiger partial charge >= 0.3 is 0 Å². The van der Waals surface area contributed by atoms with Crippen molar-refractivity contribution in [3.8, 4) is 0 Å². The molecule has 0 unspecified atom stereocenters. The number of rotatable bonds is 6. The lowest BCUT2D eigenvalue weighted by Gasteiger charge is -2.31. The van der Waals surface area contributed by atoms with Gasteiger partial charge in [-0.15, -0.1) is 11.3 Å². The molecule has 11 heteroatoms. The first kappa shape index (κ1) is 22.0. The number of nitrogens with one attached hydrogen (secondary N) is 1. The van der Waals surface area contributed by atoms with Gasteiger partial charge in [-0.1, -0.05) is 5.16 Å². The lowest BCUT2D eigenvalue weighted by molar-refractivity contribution is -0.133. The van der Waals surface area contributed by atoms with Crippen LogP contribution in [0.4, 0.5) is 5.82 Å². The molecule has 0 aliphatic carbocycles. The first-order valence-corrected chi connectivity index (χ1v) is 12.7. The topological polar surface area (TPSA) is 113 Å². The number of sulfonamides is 1. The summed E-state index contributed by atoms with van der Waals surface area (Å²) >= 11 is 1.17. The van der Waals surface area contributed by atoms with Crippen LogP contribution in [0.2, 0.25) is 0 Å². The molecule has 0 saturated carbocycles. The summed E-state index contributed by atoms with van der Waals surface area (Å²) in [5, 5.41) is 6.52. The minimum atomic E-state index is -3.45. The number of thiophene rings is 1. The smallest absolute Gasteiger partial charge is 0.252 e. The average Bonchev–Trinajstić information content (AvgIpc) is 3.50.